The quantitative estimate of drug-likeness (QED) is 0.803. The van der Waals surface area contributed by atoms with Crippen molar-refractivity contribution in [3.8, 4) is 0 Å². The van der Waals surface area contributed by atoms with Crippen LogP contribution in [0.15, 0.2) is 23.4 Å². The monoisotopic (exact) mass is 333 g/mol. The molecule has 0 spiro atoms. The molecule has 0 aromatic carbocycles. The Hall–Kier alpha value is -1.07. The number of carbonyl (C=O) groups is 1. The van der Waals surface area contributed by atoms with E-state index >= 15 is 0 Å². The molecule has 3 rings (SSSR count). The minimum absolute atomic E-state index is 0.159. The average Bonchev–Trinajstić information content (AvgIpc) is 2.63. The number of nitrogens with zero attached hydrogens (tertiary/aromatic N) is 1. The van der Waals surface area contributed by atoms with Gasteiger partial charge in [0.1, 0.15) is 5.03 Å². The van der Waals surface area contributed by atoms with Crippen LogP contribution in [0.1, 0.15) is 57.8 Å². The Morgan fingerprint density at radius 1 is 1.09 bits per heavy atom. The van der Waals surface area contributed by atoms with E-state index in [1.165, 1.54) is 44.9 Å². The smallest absolute Gasteiger partial charge is 0.227 e. The molecule has 0 saturated heterocycles. The van der Waals surface area contributed by atoms with Crippen molar-refractivity contribution in [2.75, 3.05) is 5.32 Å². The number of hydrogen-bond donors (Lipinski definition) is 2. The lowest BCUT2D eigenvalue weighted by molar-refractivity contribution is -0.121. The molecule has 3 N–H and O–H groups in total. The largest absolute Gasteiger partial charge is 0.326 e. The summed E-state index contributed by atoms with van der Waals surface area (Å²) in [5, 5.41) is 9.28. The van der Waals surface area contributed by atoms with E-state index < -0.39 is 0 Å². The molecule has 0 atom stereocenters. The molecule has 2 aliphatic carbocycles. The van der Waals surface area contributed by atoms with Crippen LogP contribution in [0.3, 0.4) is 0 Å². The van der Waals surface area contributed by atoms with Crippen LogP contribution in [0.5, 0.6) is 0 Å². The molecular weight excluding hydrogens is 306 g/mol. The van der Waals surface area contributed by atoms with Crippen LogP contribution < -0.4 is 10.5 Å². The van der Waals surface area contributed by atoms with E-state index in [-0.39, 0.29) is 11.8 Å². The topological polar surface area (TPSA) is 68.0 Å². The van der Waals surface area contributed by atoms with Gasteiger partial charge in [0.15, 0.2) is 0 Å². The van der Waals surface area contributed by atoms with Crippen molar-refractivity contribution in [1.82, 2.24) is 4.98 Å². The second kappa shape index (κ2) is 8.15. The Morgan fingerprint density at radius 3 is 2.48 bits per heavy atom. The summed E-state index contributed by atoms with van der Waals surface area (Å²) < 4.78 is 0. The second-order valence-electron chi connectivity index (χ2n) is 7.00. The molecule has 4 nitrogen and oxygen atoms in total. The van der Waals surface area contributed by atoms with E-state index in [9.17, 15) is 4.79 Å². The highest BCUT2D eigenvalue weighted by Crippen LogP contribution is 2.40. The molecule has 1 heterocycles. The molecule has 2 saturated carbocycles. The maximum absolute atomic E-state index is 12.5. The summed E-state index contributed by atoms with van der Waals surface area (Å²) in [4.78, 5) is 16.6. The van der Waals surface area contributed by atoms with E-state index in [1.807, 2.05) is 12.1 Å². The van der Waals surface area contributed by atoms with Crippen LogP contribution in [0.25, 0.3) is 0 Å². The number of nitrogens with two attached hydrogens (primary N) is 1. The van der Waals surface area contributed by atoms with Crippen LogP contribution in [0, 0.1) is 17.8 Å². The summed E-state index contributed by atoms with van der Waals surface area (Å²) in [7, 11) is 0. The van der Waals surface area contributed by atoms with E-state index in [2.05, 4.69) is 10.3 Å². The van der Waals surface area contributed by atoms with Crippen molar-refractivity contribution in [1.29, 1.82) is 0 Å². The Bertz CT molecular complexity index is 523. The van der Waals surface area contributed by atoms with Gasteiger partial charge in [-0.05, 0) is 61.6 Å². The van der Waals surface area contributed by atoms with Crippen molar-refractivity contribution >= 4 is 23.5 Å². The summed E-state index contributed by atoms with van der Waals surface area (Å²) in [6, 6.07) is 3.65. The van der Waals surface area contributed by atoms with E-state index in [0.29, 0.717) is 0 Å². The van der Waals surface area contributed by atoms with E-state index in [1.54, 1.807) is 6.20 Å². The standard InChI is InChI=1S/C18H27N3OS/c19-23-17-12-16(10-11-20-17)21-18(22)15-8-6-14(7-9-15)13-4-2-1-3-5-13/h10-15H,1-9,19H2,(H,20,21,22). The lowest BCUT2D eigenvalue weighted by atomic mass is 9.71. The Morgan fingerprint density at radius 2 is 1.78 bits per heavy atom. The van der Waals surface area contributed by atoms with Gasteiger partial charge in [0, 0.05) is 17.8 Å². The van der Waals surface area contributed by atoms with E-state index in [0.717, 1.165) is 47.3 Å². The first kappa shape index (κ1) is 16.8. The first-order valence-electron chi connectivity index (χ1n) is 8.90. The van der Waals surface area contributed by atoms with Gasteiger partial charge in [0.25, 0.3) is 0 Å². The zero-order valence-corrected chi connectivity index (χ0v) is 14.5. The molecular formula is C18H27N3OS. The highest BCUT2D eigenvalue weighted by molar-refractivity contribution is 7.97. The summed E-state index contributed by atoms with van der Waals surface area (Å²) in [6.45, 7) is 0. The summed E-state index contributed by atoms with van der Waals surface area (Å²) in [5.74, 6) is 2.11. The number of hydrogen-bond acceptors (Lipinski definition) is 4. The summed E-state index contributed by atoms with van der Waals surface area (Å²) in [6.07, 6.45) is 13.3. The first-order valence-corrected chi connectivity index (χ1v) is 9.78. The molecule has 2 fully saturated rings. The lowest BCUT2D eigenvalue weighted by Gasteiger charge is -2.35. The molecule has 1 aromatic heterocycles. The zero-order chi connectivity index (χ0) is 16.1. The molecule has 0 radical (unpaired) electrons. The first-order chi connectivity index (χ1) is 11.3. The maximum atomic E-state index is 12.5. The molecule has 5 heteroatoms. The van der Waals surface area contributed by atoms with E-state index in [4.69, 9.17) is 5.14 Å². The fraction of sp³-hybridized carbons (Fsp3) is 0.667. The second-order valence-corrected chi connectivity index (χ2v) is 7.65. The van der Waals surface area contributed by atoms with Gasteiger partial charge in [-0.15, -0.1) is 0 Å². The molecule has 2 aliphatic rings. The van der Waals surface area contributed by atoms with Gasteiger partial charge in [-0.3, -0.25) is 9.93 Å². The van der Waals surface area contributed by atoms with Crippen molar-refractivity contribution < 1.29 is 4.79 Å². The number of rotatable bonds is 4. The minimum atomic E-state index is 0.159. The number of anilines is 1. The van der Waals surface area contributed by atoms with Crippen LogP contribution in [0.2, 0.25) is 0 Å². The highest BCUT2D eigenvalue weighted by atomic mass is 32.2. The number of amides is 1. The molecule has 1 aromatic rings. The van der Waals surface area contributed by atoms with Crippen molar-refractivity contribution in [2.24, 2.45) is 22.9 Å². The van der Waals surface area contributed by atoms with Crippen molar-refractivity contribution in [3.63, 3.8) is 0 Å². The molecule has 23 heavy (non-hydrogen) atoms. The van der Waals surface area contributed by atoms with Gasteiger partial charge < -0.3 is 5.32 Å². The Labute approximate surface area is 143 Å². The third-order valence-corrected chi connectivity index (χ3v) is 6.05. The number of carbonyl (C=O) groups excluding carboxylic acids is 1. The predicted molar refractivity (Wildman–Crippen MR) is 94.9 cm³/mol. The third-order valence-electron chi connectivity index (χ3n) is 5.58. The van der Waals surface area contributed by atoms with Crippen LogP contribution in [-0.2, 0) is 4.79 Å². The third kappa shape index (κ3) is 4.48. The predicted octanol–water partition coefficient (Wildman–Crippen LogP) is 4.37. The molecule has 0 bridgehead atoms. The van der Waals surface area contributed by atoms with Crippen molar-refractivity contribution in [3.05, 3.63) is 18.3 Å². The summed E-state index contributed by atoms with van der Waals surface area (Å²) in [5.41, 5.74) is 0.798. The van der Waals surface area contributed by atoms with Gasteiger partial charge in [-0.1, -0.05) is 32.1 Å². The number of aromatic nitrogens is 1. The molecule has 126 valence electrons. The van der Waals surface area contributed by atoms with Crippen molar-refractivity contribution in [2.45, 2.75) is 62.8 Å². The van der Waals surface area contributed by atoms with Crippen LogP contribution in [0.4, 0.5) is 5.69 Å². The van der Waals surface area contributed by atoms with Gasteiger partial charge >= 0.3 is 0 Å². The minimum Gasteiger partial charge on any atom is -0.326 e. The Kier molecular flexibility index (Phi) is 5.95. The van der Waals surface area contributed by atoms with Crippen LogP contribution >= 0.6 is 11.9 Å². The summed E-state index contributed by atoms with van der Waals surface area (Å²) >= 11 is 1.10. The molecule has 0 aliphatic heterocycles. The fourth-order valence-electron chi connectivity index (χ4n) is 4.25. The SMILES string of the molecule is NSc1cc(NC(=O)C2CCC(C3CCCCC3)CC2)ccn1. The normalized spacial score (nSPS) is 26.0. The molecule has 1 amide bonds. The number of pyridine rings is 1. The number of nitrogens with one attached hydrogen (secondary N) is 1. The average molecular weight is 334 g/mol. The maximum Gasteiger partial charge on any atom is 0.227 e. The fourth-order valence-corrected chi connectivity index (χ4v) is 4.57. The Balaban J connectivity index is 1.49. The highest BCUT2D eigenvalue weighted by Gasteiger charge is 2.31. The lowest BCUT2D eigenvalue weighted by Crippen LogP contribution is -2.30. The van der Waals surface area contributed by atoms with Gasteiger partial charge in [0.2, 0.25) is 5.91 Å². The van der Waals surface area contributed by atoms with Crippen LogP contribution in [-0.4, -0.2) is 10.9 Å². The van der Waals surface area contributed by atoms with Gasteiger partial charge in [-0.25, -0.2) is 4.98 Å². The molecule has 0 unspecified atom stereocenters. The van der Waals surface area contributed by atoms with Gasteiger partial charge in [0.05, 0.1) is 0 Å². The zero-order valence-electron chi connectivity index (χ0n) is 13.7. The van der Waals surface area contributed by atoms with Gasteiger partial charge in [-0.2, -0.15) is 0 Å².